The molecule has 0 radical (unpaired) electrons. The number of hydrogen-bond donors (Lipinski definition) is 2. The van der Waals surface area contributed by atoms with Crippen molar-refractivity contribution < 1.29 is 19.4 Å². The van der Waals surface area contributed by atoms with Crippen LogP contribution in [0.3, 0.4) is 0 Å². The number of halogens is 1. The fraction of sp³-hybridized carbons (Fsp3) is 0.348. The van der Waals surface area contributed by atoms with Crippen molar-refractivity contribution in [2.24, 2.45) is 0 Å². The number of likely N-dealkylation sites (tertiary alicyclic amines) is 1. The first-order valence-corrected chi connectivity index (χ1v) is 11.2. The minimum Gasteiger partial charge on any atom is -0.493 e. The third-order valence-electron chi connectivity index (χ3n) is 5.41. The Labute approximate surface area is 194 Å². The van der Waals surface area contributed by atoms with Crippen molar-refractivity contribution in [2.75, 3.05) is 25.5 Å². The molecule has 1 fully saturated rings. The minimum atomic E-state index is -0.979. The standard InChI is InChI=1S/C23H25BrN4O4/c1-14(29)23(30)28-8-6-17(7-9-28)32-21-12-19-18(11-20(21)31-2)22(26-13-25-19)27-16-5-3-4-15(24)10-16/h3-5,10-14,17,29H,6-9H2,1-2H3,(H,25,26,27)/t14-/m1/s1. The zero-order chi connectivity index (χ0) is 22.7. The average molecular weight is 501 g/mol. The number of carbonyl (C=O) groups excluding carboxylic acids is 1. The molecule has 8 nitrogen and oxygen atoms in total. The topological polar surface area (TPSA) is 96.8 Å². The largest absolute Gasteiger partial charge is 0.493 e. The van der Waals surface area contributed by atoms with Crippen molar-refractivity contribution in [1.82, 2.24) is 14.9 Å². The smallest absolute Gasteiger partial charge is 0.251 e. The summed E-state index contributed by atoms with van der Waals surface area (Å²) in [6, 6.07) is 11.6. The van der Waals surface area contributed by atoms with Crippen LogP contribution in [0.4, 0.5) is 11.5 Å². The van der Waals surface area contributed by atoms with E-state index in [1.807, 2.05) is 36.4 Å². The molecule has 2 N–H and O–H groups in total. The fourth-order valence-corrected chi connectivity index (χ4v) is 4.16. The van der Waals surface area contributed by atoms with Crippen LogP contribution in [0, 0.1) is 0 Å². The Morgan fingerprint density at radius 3 is 2.69 bits per heavy atom. The molecule has 1 amide bonds. The van der Waals surface area contributed by atoms with Crippen molar-refractivity contribution in [3.8, 4) is 11.5 Å². The summed E-state index contributed by atoms with van der Waals surface area (Å²) in [5, 5.41) is 13.7. The normalized spacial score (nSPS) is 15.4. The van der Waals surface area contributed by atoms with Gasteiger partial charge in [0.1, 0.15) is 24.4 Å². The van der Waals surface area contributed by atoms with Crippen LogP contribution < -0.4 is 14.8 Å². The lowest BCUT2D eigenvalue weighted by Gasteiger charge is -2.33. The first kappa shape index (κ1) is 22.3. The molecule has 4 rings (SSSR count). The molecule has 9 heteroatoms. The van der Waals surface area contributed by atoms with E-state index in [0.717, 1.165) is 21.1 Å². The van der Waals surface area contributed by atoms with Gasteiger partial charge in [0.15, 0.2) is 11.5 Å². The number of ether oxygens (including phenoxy) is 2. The first-order chi connectivity index (χ1) is 15.4. The quantitative estimate of drug-likeness (QED) is 0.529. The van der Waals surface area contributed by atoms with Gasteiger partial charge < -0.3 is 24.8 Å². The Kier molecular flexibility index (Phi) is 6.76. The number of aliphatic hydroxyl groups excluding tert-OH is 1. The number of nitrogens with zero attached hydrogens (tertiary/aromatic N) is 3. The van der Waals surface area contributed by atoms with Gasteiger partial charge in [-0.3, -0.25) is 4.79 Å². The highest BCUT2D eigenvalue weighted by molar-refractivity contribution is 9.10. The fourth-order valence-electron chi connectivity index (χ4n) is 3.76. The second-order valence-electron chi connectivity index (χ2n) is 7.70. The van der Waals surface area contributed by atoms with Crippen molar-refractivity contribution in [3.63, 3.8) is 0 Å². The molecule has 0 unspecified atom stereocenters. The molecule has 0 saturated carbocycles. The van der Waals surface area contributed by atoms with E-state index < -0.39 is 6.10 Å². The van der Waals surface area contributed by atoms with Crippen molar-refractivity contribution in [1.29, 1.82) is 0 Å². The summed E-state index contributed by atoms with van der Waals surface area (Å²) in [7, 11) is 1.60. The molecule has 32 heavy (non-hydrogen) atoms. The number of anilines is 2. The molecule has 1 aromatic heterocycles. The number of methoxy groups -OCH3 is 1. The monoisotopic (exact) mass is 500 g/mol. The van der Waals surface area contributed by atoms with E-state index in [-0.39, 0.29) is 12.0 Å². The molecular formula is C23H25BrN4O4. The molecule has 168 valence electrons. The van der Waals surface area contributed by atoms with Gasteiger partial charge in [0, 0.05) is 47.5 Å². The lowest BCUT2D eigenvalue weighted by molar-refractivity contribution is -0.141. The lowest BCUT2D eigenvalue weighted by atomic mass is 10.1. The number of carbonyl (C=O) groups is 1. The summed E-state index contributed by atoms with van der Waals surface area (Å²) in [4.78, 5) is 22.5. The van der Waals surface area contributed by atoms with Crippen LogP contribution in [-0.4, -0.2) is 58.3 Å². The van der Waals surface area contributed by atoms with Gasteiger partial charge in [0.2, 0.25) is 0 Å². The number of aromatic nitrogens is 2. The predicted octanol–water partition coefficient (Wildman–Crippen LogP) is 3.90. The summed E-state index contributed by atoms with van der Waals surface area (Å²) in [5.74, 6) is 1.62. The van der Waals surface area contributed by atoms with Crippen LogP contribution in [0.1, 0.15) is 19.8 Å². The van der Waals surface area contributed by atoms with Crippen molar-refractivity contribution in [3.05, 3.63) is 47.2 Å². The average Bonchev–Trinajstić information content (AvgIpc) is 2.79. The predicted molar refractivity (Wildman–Crippen MR) is 125 cm³/mol. The maximum atomic E-state index is 12.0. The number of aliphatic hydroxyl groups is 1. The summed E-state index contributed by atoms with van der Waals surface area (Å²) in [6.07, 6.45) is 1.84. The molecule has 0 spiro atoms. The number of amides is 1. The zero-order valence-corrected chi connectivity index (χ0v) is 19.5. The van der Waals surface area contributed by atoms with Crippen molar-refractivity contribution in [2.45, 2.75) is 32.0 Å². The minimum absolute atomic E-state index is 0.0551. The summed E-state index contributed by atoms with van der Waals surface area (Å²) in [6.45, 7) is 2.59. The van der Waals surface area contributed by atoms with Gasteiger partial charge >= 0.3 is 0 Å². The van der Waals surface area contributed by atoms with E-state index in [2.05, 4.69) is 31.2 Å². The second kappa shape index (κ2) is 9.70. The van der Waals surface area contributed by atoms with E-state index in [1.165, 1.54) is 13.3 Å². The van der Waals surface area contributed by atoms with Crippen LogP contribution in [0.25, 0.3) is 10.9 Å². The maximum absolute atomic E-state index is 12.0. The molecule has 2 aromatic carbocycles. The third-order valence-corrected chi connectivity index (χ3v) is 5.91. The van der Waals surface area contributed by atoms with Gasteiger partial charge in [-0.15, -0.1) is 0 Å². The van der Waals surface area contributed by atoms with E-state index in [0.29, 0.717) is 43.2 Å². The van der Waals surface area contributed by atoms with E-state index in [4.69, 9.17) is 9.47 Å². The van der Waals surface area contributed by atoms with Gasteiger partial charge in [-0.25, -0.2) is 9.97 Å². The van der Waals surface area contributed by atoms with Gasteiger partial charge in [-0.1, -0.05) is 22.0 Å². The molecule has 2 heterocycles. The Bertz CT molecular complexity index is 1120. The maximum Gasteiger partial charge on any atom is 0.251 e. The number of benzene rings is 2. The Morgan fingerprint density at radius 2 is 2.00 bits per heavy atom. The van der Waals surface area contributed by atoms with Crippen molar-refractivity contribution >= 4 is 44.2 Å². The van der Waals surface area contributed by atoms with Gasteiger partial charge in [0.25, 0.3) is 5.91 Å². The SMILES string of the molecule is COc1cc2c(Nc3cccc(Br)c3)ncnc2cc1OC1CCN(C(=O)[C@@H](C)O)CC1. The summed E-state index contributed by atoms with van der Waals surface area (Å²) in [5.41, 5.74) is 1.63. The third kappa shape index (κ3) is 4.94. The van der Waals surface area contributed by atoms with Crippen LogP contribution >= 0.6 is 15.9 Å². The number of fused-ring (bicyclic) bond motifs is 1. The Balaban J connectivity index is 1.54. The van der Waals surface area contributed by atoms with E-state index in [9.17, 15) is 9.90 Å². The molecule has 3 aromatic rings. The second-order valence-corrected chi connectivity index (χ2v) is 8.61. The molecule has 1 aliphatic rings. The van der Waals surface area contributed by atoms with Crippen LogP contribution in [-0.2, 0) is 4.79 Å². The number of hydrogen-bond acceptors (Lipinski definition) is 7. The molecule has 1 aliphatic heterocycles. The lowest BCUT2D eigenvalue weighted by Crippen LogP contribution is -2.45. The first-order valence-electron chi connectivity index (χ1n) is 10.4. The van der Waals surface area contributed by atoms with Crippen LogP contribution in [0.5, 0.6) is 11.5 Å². The van der Waals surface area contributed by atoms with Gasteiger partial charge in [0.05, 0.1) is 12.6 Å². The molecular weight excluding hydrogens is 476 g/mol. The number of nitrogens with one attached hydrogen (secondary N) is 1. The number of rotatable bonds is 6. The zero-order valence-electron chi connectivity index (χ0n) is 17.9. The summed E-state index contributed by atoms with van der Waals surface area (Å²) >= 11 is 3.48. The molecule has 1 saturated heterocycles. The highest BCUT2D eigenvalue weighted by Gasteiger charge is 2.27. The summed E-state index contributed by atoms with van der Waals surface area (Å²) < 4.78 is 12.8. The molecule has 1 atom stereocenters. The Morgan fingerprint density at radius 1 is 1.22 bits per heavy atom. The molecule has 0 bridgehead atoms. The highest BCUT2D eigenvalue weighted by Crippen LogP contribution is 2.36. The van der Waals surface area contributed by atoms with E-state index in [1.54, 1.807) is 12.0 Å². The van der Waals surface area contributed by atoms with E-state index >= 15 is 0 Å². The van der Waals surface area contributed by atoms with Gasteiger partial charge in [-0.05, 0) is 31.2 Å². The van der Waals surface area contributed by atoms with Crippen LogP contribution in [0.15, 0.2) is 47.2 Å². The molecule has 0 aliphatic carbocycles. The Hall–Kier alpha value is -2.91. The number of piperidine rings is 1. The van der Waals surface area contributed by atoms with Gasteiger partial charge in [-0.2, -0.15) is 0 Å². The highest BCUT2D eigenvalue weighted by atomic mass is 79.9. The van der Waals surface area contributed by atoms with Crippen LogP contribution in [0.2, 0.25) is 0 Å².